The molecule has 0 unspecified atom stereocenters. The first kappa shape index (κ1) is 12.4. The van der Waals surface area contributed by atoms with Gasteiger partial charge in [-0.05, 0) is 11.1 Å². The number of hydrogen-bond donors (Lipinski definition) is 0. The molecule has 1 rings (SSSR count). The minimum absolute atomic E-state index is 0.00670. The lowest BCUT2D eigenvalue weighted by molar-refractivity contribution is 0.145. The molecule has 0 bridgehead atoms. The predicted octanol–water partition coefficient (Wildman–Crippen LogP) is 2.70. The van der Waals surface area contributed by atoms with Crippen molar-refractivity contribution in [3.63, 3.8) is 0 Å². The molecule has 0 aliphatic carbocycles. The molecule has 0 amide bonds. The average molecular weight is 242 g/mol. The summed E-state index contributed by atoms with van der Waals surface area (Å²) >= 11 is 5.60. The SMILES string of the molecule is N#CCc1cnc(C(F)F)c(C#N)c1CCl. The van der Waals surface area contributed by atoms with Crippen molar-refractivity contribution < 1.29 is 8.78 Å². The maximum absolute atomic E-state index is 12.5. The molecule has 0 radical (unpaired) electrons. The molecule has 0 saturated carbocycles. The third kappa shape index (κ3) is 2.26. The maximum Gasteiger partial charge on any atom is 0.281 e. The summed E-state index contributed by atoms with van der Waals surface area (Å²) in [5.41, 5.74) is -0.132. The molecule has 1 aromatic rings. The molecule has 0 saturated heterocycles. The number of hydrogen-bond acceptors (Lipinski definition) is 3. The van der Waals surface area contributed by atoms with Crippen LogP contribution in [0.15, 0.2) is 6.20 Å². The Morgan fingerprint density at radius 2 is 2.12 bits per heavy atom. The van der Waals surface area contributed by atoms with Crippen molar-refractivity contribution in [1.29, 1.82) is 10.5 Å². The molecule has 3 nitrogen and oxygen atoms in total. The summed E-state index contributed by atoms with van der Waals surface area (Å²) in [5.74, 6) is -0.0951. The van der Waals surface area contributed by atoms with Gasteiger partial charge >= 0.3 is 0 Å². The van der Waals surface area contributed by atoms with Crippen molar-refractivity contribution in [1.82, 2.24) is 4.98 Å². The summed E-state index contributed by atoms with van der Waals surface area (Å²) in [7, 11) is 0. The summed E-state index contributed by atoms with van der Waals surface area (Å²) in [6.45, 7) is 0. The zero-order valence-corrected chi connectivity index (χ0v) is 8.80. The first-order valence-electron chi connectivity index (χ1n) is 4.27. The number of nitrogens with zero attached hydrogens (tertiary/aromatic N) is 3. The fourth-order valence-electron chi connectivity index (χ4n) is 1.29. The molecule has 1 heterocycles. The van der Waals surface area contributed by atoms with Gasteiger partial charge in [0.15, 0.2) is 0 Å². The Hall–Kier alpha value is -1.72. The predicted molar refractivity (Wildman–Crippen MR) is 52.8 cm³/mol. The summed E-state index contributed by atoms with van der Waals surface area (Å²) in [4.78, 5) is 3.49. The van der Waals surface area contributed by atoms with E-state index in [1.54, 1.807) is 6.07 Å². The van der Waals surface area contributed by atoms with Crippen molar-refractivity contribution in [3.8, 4) is 12.1 Å². The van der Waals surface area contributed by atoms with Gasteiger partial charge in [-0.25, -0.2) is 8.78 Å². The van der Waals surface area contributed by atoms with Crippen LogP contribution in [-0.2, 0) is 12.3 Å². The van der Waals surface area contributed by atoms with Crippen LogP contribution in [-0.4, -0.2) is 4.98 Å². The Labute approximate surface area is 95.9 Å². The zero-order chi connectivity index (χ0) is 12.1. The second-order valence-electron chi connectivity index (χ2n) is 2.90. The van der Waals surface area contributed by atoms with Gasteiger partial charge in [-0.3, -0.25) is 4.98 Å². The van der Waals surface area contributed by atoms with E-state index < -0.39 is 12.1 Å². The molecule has 0 atom stereocenters. The Morgan fingerprint density at radius 1 is 1.44 bits per heavy atom. The molecule has 1 aromatic heterocycles. The highest BCUT2D eigenvalue weighted by Gasteiger charge is 2.20. The van der Waals surface area contributed by atoms with E-state index in [0.717, 1.165) is 0 Å². The molecule has 0 aliphatic heterocycles. The largest absolute Gasteiger partial charge is 0.281 e. The second kappa shape index (κ2) is 5.39. The molecule has 0 spiro atoms. The van der Waals surface area contributed by atoms with Crippen LogP contribution in [0.2, 0.25) is 0 Å². The topological polar surface area (TPSA) is 60.5 Å². The number of aromatic nitrogens is 1. The molecule has 82 valence electrons. The van der Waals surface area contributed by atoms with Crippen LogP contribution < -0.4 is 0 Å². The highest BCUT2D eigenvalue weighted by atomic mass is 35.5. The lowest BCUT2D eigenvalue weighted by Gasteiger charge is -2.09. The van der Waals surface area contributed by atoms with Crippen LogP contribution in [0.25, 0.3) is 0 Å². The van der Waals surface area contributed by atoms with Crippen molar-refractivity contribution in [2.24, 2.45) is 0 Å². The van der Waals surface area contributed by atoms with Crippen LogP contribution in [0.5, 0.6) is 0 Å². The monoisotopic (exact) mass is 241 g/mol. The molecular formula is C10H6ClF2N3. The van der Waals surface area contributed by atoms with Crippen LogP contribution >= 0.6 is 11.6 Å². The van der Waals surface area contributed by atoms with E-state index in [1.165, 1.54) is 6.20 Å². The number of alkyl halides is 3. The van der Waals surface area contributed by atoms with Crippen molar-refractivity contribution in [2.45, 2.75) is 18.7 Å². The Kier molecular flexibility index (Phi) is 4.16. The fourth-order valence-corrected chi connectivity index (χ4v) is 1.59. The van der Waals surface area contributed by atoms with Gasteiger partial charge in [0.1, 0.15) is 11.8 Å². The number of nitriles is 2. The second-order valence-corrected chi connectivity index (χ2v) is 3.17. The highest BCUT2D eigenvalue weighted by molar-refractivity contribution is 6.17. The summed E-state index contributed by atoms with van der Waals surface area (Å²) in [6.07, 6.45) is -1.66. The quantitative estimate of drug-likeness (QED) is 0.765. The van der Waals surface area contributed by atoms with Gasteiger partial charge in [-0.2, -0.15) is 10.5 Å². The first-order chi connectivity index (χ1) is 7.65. The molecular weight excluding hydrogens is 236 g/mol. The first-order valence-corrected chi connectivity index (χ1v) is 4.81. The third-order valence-corrected chi connectivity index (χ3v) is 2.29. The normalized spacial score (nSPS) is 9.88. The zero-order valence-electron chi connectivity index (χ0n) is 8.04. The molecule has 0 N–H and O–H groups in total. The third-order valence-electron chi connectivity index (χ3n) is 2.03. The summed E-state index contributed by atoms with van der Waals surface area (Å²) < 4.78 is 25.1. The lowest BCUT2D eigenvalue weighted by atomic mass is 10.0. The van der Waals surface area contributed by atoms with E-state index in [-0.39, 0.29) is 23.4 Å². The molecule has 16 heavy (non-hydrogen) atoms. The van der Waals surface area contributed by atoms with E-state index in [0.29, 0.717) is 5.56 Å². The fraction of sp³-hybridized carbons (Fsp3) is 0.300. The molecule has 0 aliphatic rings. The maximum atomic E-state index is 12.5. The van der Waals surface area contributed by atoms with Crippen molar-refractivity contribution in [2.75, 3.05) is 0 Å². The Bertz CT molecular complexity index is 474. The van der Waals surface area contributed by atoms with E-state index in [2.05, 4.69) is 4.98 Å². The van der Waals surface area contributed by atoms with Gasteiger partial charge in [0, 0.05) is 12.1 Å². The average Bonchev–Trinajstić information content (AvgIpc) is 2.28. The highest BCUT2D eigenvalue weighted by Crippen LogP contribution is 2.26. The van der Waals surface area contributed by atoms with E-state index in [4.69, 9.17) is 22.1 Å². The van der Waals surface area contributed by atoms with E-state index in [1.807, 2.05) is 6.07 Å². The molecule has 6 heteroatoms. The van der Waals surface area contributed by atoms with Gasteiger partial charge in [-0.1, -0.05) is 0 Å². The molecule has 0 aromatic carbocycles. The van der Waals surface area contributed by atoms with E-state index in [9.17, 15) is 8.78 Å². The standard InChI is InChI=1S/C10H6ClF2N3/c11-3-7-6(1-2-14)5-16-9(10(12)13)8(7)4-15/h5,10H,1,3H2. The van der Waals surface area contributed by atoms with Crippen molar-refractivity contribution in [3.05, 3.63) is 28.6 Å². The minimum Gasteiger partial charge on any atom is -0.254 e. The number of rotatable bonds is 3. The lowest BCUT2D eigenvalue weighted by Crippen LogP contribution is -2.04. The van der Waals surface area contributed by atoms with Crippen LogP contribution in [0.1, 0.15) is 28.8 Å². The molecule has 0 fully saturated rings. The summed E-state index contributed by atoms with van der Waals surface area (Å²) in [5, 5.41) is 17.3. The van der Waals surface area contributed by atoms with Gasteiger partial charge in [0.05, 0.1) is 18.1 Å². The van der Waals surface area contributed by atoms with Gasteiger partial charge in [0.25, 0.3) is 6.43 Å². The van der Waals surface area contributed by atoms with E-state index >= 15 is 0 Å². The van der Waals surface area contributed by atoms with Gasteiger partial charge < -0.3 is 0 Å². The van der Waals surface area contributed by atoms with Gasteiger partial charge in [-0.15, -0.1) is 11.6 Å². The van der Waals surface area contributed by atoms with Gasteiger partial charge in [0.2, 0.25) is 0 Å². The summed E-state index contributed by atoms with van der Waals surface area (Å²) in [6, 6.07) is 3.52. The number of pyridine rings is 1. The van der Waals surface area contributed by atoms with Crippen LogP contribution in [0.3, 0.4) is 0 Å². The number of halogens is 3. The van der Waals surface area contributed by atoms with Crippen LogP contribution in [0.4, 0.5) is 8.78 Å². The van der Waals surface area contributed by atoms with Crippen LogP contribution in [0, 0.1) is 22.7 Å². The minimum atomic E-state index is -2.83. The van der Waals surface area contributed by atoms with Crippen molar-refractivity contribution >= 4 is 11.6 Å². The smallest absolute Gasteiger partial charge is 0.254 e. The Balaban J connectivity index is 3.42. The Morgan fingerprint density at radius 3 is 2.56 bits per heavy atom.